The quantitative estimate of drug-likeness (QED) is 0.722. The summed E-state index contributed by atoms with van der Waals surface area (Å²) in [6.45, 7) is 2.98. The van der Waals surface area contributed by atoms with Crippen molar-refractivity contribution in [2.75, 3.05) is 24.3 Å². The van der Waals surface area contributed by atoms with E-state index in [-0.39, 0.29) is 0 Å². The van der Waals surface area contributed by atoms with Gasteiger partial charge in [0.15, 0.2) is 0 Å². The molecule has 3 heteroatoms. The fourth-order valence-corrected chi connectivity index (χ4v) is 2.09. The summed E-state index contributed by atoms with van der Waals surface area (Å²) in [4.78, 5) is 2.34. The zero-order chi connectivity index (χ0) is 10.2. The summed E-state index contributed by atoms with van der Waals surface area (Å²) in [5.74, 6) is 0.694. The number of nitrogens with zero attached hydrogens (tertiary/aromatic N) is 1. The zero-order valence-corrected chi connectivity index (χ0v) is 10.5. The van der Waals surface area contributed by atoms with Crippen molar-refractivity contribution in [1.82, 2.24) is 4.90 Å². The molecule has 0 saturated heterocycles. The lowest BCUT2D eigenvalue weighted by molar-refractivity contribution is 0.301. The molecule has 1 aromatic rings. The third-order valence-corrected chi connectivity index (χ3v) is 2.57. The molecule has 0 fully saturated rings. The smallest absolute Gasteiger partial charge is 0.0351 e. The largest absolute Gasteiger partial charge is 0.297 e. The molecule has 1 nitrogen and oxygen atoms in total. The highest BCUT2D eigenvalue weighted by Gasteiger charge is 2.03. The van der Waals surface area contributed by atoms with Gasteiger partial charge in [-0.05, 0) is 5.56 Å². The van der Waals surface area contributed by atoms with Gasteiger partial charge in [0.25, 0.3) is 0 Å². The molecule has 0 radical (unpaired) electrons. The Hall–Kier alpha value is -0.0500. The number of alkyl halides is 2. The van der Waals surface area contributed by atoms with Crippen molar-refractivity contribution in [3.05, 3.63) is 35.9 Å². The Kier molecular flexibility index (Phi) is 6.24. The molecule has 1 aromatic carbocycles. The number of halogens is 2. The molecule has 0 aliphatic heterocycles. The Morgan fingerprint density at radius 1 is 1.14 bits per heavy atom. The van der Waals surface area contributed by atoms with Gasteiger partial charge in [0.2, 0.25) is 0 Å². The maximum Gasteiger partial charge on any atom is 0.0351 e. The van der Waals surface area contributed by atoms with Crippen LogP contribution in [0.25, 0.3) is 0 Å². The first-order valence-electron chi connectivity index (χ1n) is 4.75. The minimum Gasteiger partial charge on any atom is -0.297 e. The highest BCUT2D eigenvalue weighted by molar-refractivity contribution is 9.09. The highest BCUT2D eigenvalue weighted by atomic mass is 79.9. The van der Waals surface area contributed by atoms with Crippen molar-refractivity contribution >= 4 is 27.5 Å². The van der Waals surface area contributed by atoms with Crippen molar-refractivity contribution in [3.8, 4) is 0 Å². The predicted octanol–water partition coefficient (Wildman–Crippen LogP) is 3.12. The number of hydrogen-bond acceptors (Lipinski definition) is 1. The van der Waals surface area contributed by atoms with Crippen LogP contribution in [0.5, 0.6) is 0 Å². The molecule has 14 heavy (non-hydrogen) atoms. The van der Waals surface area contributed by atoms with E-state index in [2.05, 4.69) is 45.1 Å². The molecule has 0 unspecified atom stereocenters. The average molecular weight is 277 g/mol. The summed E-state index contributed by atoms with van der Waals surface area (Å²) in [6.07, 6.45) is 0. The van der Waals surface area contributed by atoms with Gasteiger partial charge in [0, 0.05) is 30.8 Å². The molecular formula is C11H15BrClN. The SMILES string of the molecule is ClCCN(CCBr)Cc1ccccc1. The van der Waals surface area contributed by atoms with Crippen LogP contribution in [-0.4, -0.2) is 29.2 Å². The van der Waals surface area contributed by atoms with Crippen LogP contribution in [0.15, 0.2) is 30.3 Å². The van der Waals surface area contributed by atoms with Crippen molar-refractivity contribution in [3.63, 3.8) is 0 Å². The summed E-state index contributed by atoms with van der Waals surface area (Å²) in [7, 11) is 0. The number of rotatable bonds is 6. The van der Waals surface area contributed by atoms with Gasteiger partial charge >= 0.3 is 0 Å². The van der Waals surface area contributed by atoms with Crippen LogP contribution in [0.3, 0.4) is 0 Å². The molecule has 0 atom stereocenters. The van der Waals surface area contributed by atoms with E-state index in [1.807, 2.05) is 6.07 Å². The first-order chi connectivity index (χ1) is 6.86. The Bertz CT molecular complexity index is 234. The number of benzene rings is 1. The van der Waals surface area contributed by atoms with Crippen molar-refractivity contribution < 1.29 is 0 Å². The molecule has 0 bridgehead atoms. The van der Waals surface area contributed by atoms with E-state index < -0.39 is 0 Å². The summed E-state index contributed by atoms with van der Waals surface area (Å²) in [5.41, 5.74) is 1.35. The normalized spacial score (nSPS) is 10.8. The zero-order valence-electron chi connectivity index (χ0n) is 8.13. The summed E-state index contributed by atoms with van der Waals surface area (Å²) in [5, 5.41) is 0.997. The molecule has 0 amide bonds. The lowest BCUT2D eigenvalue weighted by atomic mass is 10.2. The van der Waals surface area contributed by atoms with Gasteiger partial charge in [-0.25, -0.2) is 0 Å². The Labute approximate surface area is 99.2 Å². The van der Waals surface area contributed by atoms with E-state index >= 15 is 0 Å². The third kappa shape index (κ3) is 4.45. The minimum atomic E-state index is 0.694. The van der Waals surface area contributed by atoms with Gasteiger partial charge < -0.3 is 0 Å². The third-order valence-electron chi connectivity index (χ3n) is 2.05. The van der Waals surface area contributed by atoms with Crippen LogP contribution in [0.2, 0.25) is 0 Å². The van der Waals surface area contributed by atoms with Gasteiger partial charge in [0.05, 0.1) is 0 Å². The Morgan fingerprint density at radius 2 is 1.86 bits per heavy atom. The molecule has 0 heterocycles. The second-order valence-corrected chi connectivity index (χ2v) is 4.31. The fourth-order valence-electron chi connectivity index (χ4n) is 1.35. The molecule has 0 saturated carbocycles. The van der Waals surface area contributed by atoms with Crippen LogP contribution in [-0.2, 0) is 6.54 Å². The average Bonchev–Trinajstić information content (AvgIpc) is 2.20. The second kappa shape index (κ2) is 7.27. The standard InChI is InChI=1S/C11H15BrClN/c12-6-8-14(9-7-13)10-11-4-2-1-3-5-11/h1-5H,6-10H2. The summed E-state index contributed by atoms with van der Waals surface area (Å²) in [6, 6.07) is 10.5. The predicted molar refractivity (Wildman–Crippen MR) is 66.2 cm³/mol. The van der Waals surface area contributed by atoms with E-state index in [0.29, 0.717) is 5.88 Å². The van der Waals surface area contributed by atoms with Crippen molar-refractivity contribution in [2.45, 2.75) is 6.54 Å². The lowest BCUT2D eigenvalue weighted by Gasteiger charge is -2.19. The highest BCUT2D eigenvalue weighted by Crippen LogP contribution is 2.04. The Balaban J connectivity index is 2.46. The molecule has 0 spiro atoms. The fraction of sp³-hybridized carbons (Fsp3) is 0.455. The first kappa shape index (κ1) is 12.0. The first-order valence-corrected chi connectivity index (χ1v) is 6.40. The van der Waals surface area contributed by atoms with Crippen LogP contribution in [0.4, 0.5) is 0 Å². The van der Waals surface area contributed by atoms with Crippen molar-refractivity contribution in [2.24, 2.45) is 0 Å². The van der Waals surface area contributed by atoms with E-state index in [1.165, 1.54) is 5.56 Å². The van der Waals surface area contributed by atoms with Gasteiger partial charge in [-0.3, -0.25) is 4.90 Å². The van der Waals surface area contributed by atoms with Crippen LogP contribution in [0.1, 0.15) is 5.56 Å². The van der Waals surface area contributed by atoms with E-state index in [4.69, 9.17) is 11.6 Å². The van der Waals surface area contributed by atoms with Crippen LogP contribution >= 0.6 is 27.5 Å². The monoisotopic (exact) mass is 275 g/mol. The van der Waals surface area contributed by atoms with Crippen LogP contribution < -0.4 is 0 Å². The van der Waals surface area contributed by atoms with Gasteiger partial charge in [-0.2, -0.15) is 0 Å². The maximum absolute atomic E-state index is 5.74. The van der Waals surface area contributed by atoms with Gasteiger partial charge in [-0.1, -0.05) is 46.3 Å². The molecule has 0 aliphatic rings. The molecule has 1 rings (SSSR count). The lowest BCUT2D eigenvalue weighted by Crippen LogP contribution is -2.27. The summed E-state index contributed by atoms with van der Waals surface area (Å²) < 4.78 is 0. The Morgan fingerprint density at radius 3 is 2.43 bits per heavy atom. The van der Waals surface area contributed by atoms with Crippen LogP contribution in [0, 0.1) is 0 Å². The van der Waals surface area contributed by atoms with Gasteiger partial charge in [0.1, 0.15) is 0 Å². The molecule has 0 aromatic heterocycles. The van der Waals surface area contributed by atoms with E-state index in [0.717, 1.165) is 25.0 Å². The molecular weight excluding hydrogens is 261 g/mol. The minimum absolute atomic E-state index is 0.694. The maximum atomic E-state index is 5.74. The second-order valence-electron chi connectivity index (χ2n) is 3.14. The van der Waals surface area contributed by atoms with E-state index in [9.17, 15) is 0 Å². The number of hydrogen-bond donors (Lipinski definition) is 0. The topological polar surface area (TPSA) is 3.24 Å². The molecule has 0 aliphatic carbocycles. The van der Waals surface area contributed by atoms with Crippen molar-refractivity contribution in [1.29, 1.82) is 0 Å². The molecule has 0 N–H and O–H groups in total. The molecule has 78 valence electrons. The van der Waals surface area contributed by atoms with E-state index in [1.54, 1.807) is 0 Å². The van der Waals surface area contributed by atoms with Gasteiger partial charge in [-0.15, -0.1) is 11.6 Å². The summed E-state index contributed by atoms with van der Waals surface area (Å²) >= 11 is 9.19.